The molecule has 1 aromatic carbocycles. The number of esters is 1. The van der Waals surface area contributed by atoms with Crippen LogP contribution >= 0.6 is 11.7 Å². The molecule has 292 valence electrons. The molecular formula is C39H53N7O7S. The lowest BCUT2D eigenvalue weighted by molar-refractivity contribution is -0.157. The smallest absolute Gasteiger partial charge is 0.306 e. The fraction of sp³-hybridized carbons (Fsp3) is 0.538. The van der Waals surface area contributed by atoms with Gasteiger partial charge in [-0.2, -0.15) is 4.37 Å². The van der Waals surface area contributed by atoms with Gasteiger partial charge in [0.1, 0.15) is 18.5 Å². The molecule has 0 saturated carbocycles. The van der Waals surface area contributed by atoms with E-state index < -0.39 is 17.5 Å². The van der Waals surface area contributed by atoms with Crippen molar-refractivity contribution in [3.8, 4) is 5.88 Å². The van der Waals surface area contributed by atoms with Crippen molar-refractivity contribution in [2.24, 2.45) is 5.41 Å². The number of morpholine rings is 1. The molecule has 0 unspecified atom stereocenters. The third kappa shape index (κ3) is 10.1. The van der Waals surface area contributed by atoms with Gasteiger partial charge in [0.25, 0.3) is 17.7 Å². The minimum Gasteiger partial charge on any atom is -0.470 e. The van der Waals surface area contributed by atoms with Gasteiger partial charge in [-0.25, -0.2) is 0 Å². The molecule has 0 spiro atoms. The van der Waals surface area contributed by atoms with E-state index in [1.165, 1.54) is 0 Å². The van der Waals surface area contributed by atoms with Crippen LogP contribution in [-0.4, -0.2) is 107 Å². The van der Waals surface area contributed by atoms with Crippen LogP contribution < -0.4 is 20.3 Å². The number of rotatable bonds is 17. The van der Waals surface area contributed by atoms with Gasteiger partial charge in [-0.3, -0.25) is 19.2 Å². The Balaban J connectivity index is 1.17. The minimum atomic E-state index is -0.582. The number of benzene rings is 1. The lowest BCUT2D eigenvalue weighted by atomic mass is 9.89. The first-order chi connectivity index (χ1) is 25.8. The molecule has 3 aromatic rings. The number of aromatic amines is 1. The standard InChI is InChI=1S/C39H53N7O7S/c1-8-45(9-2)15-14-40-37(50)34-24(3)31(41-25(34)4)22-29-28-21-26(10-12-30(28)42-36(29)49)20-27(47)11-13-33(48)53-32(39(5,6)7)23-52-38-35(43-54-44-38)46-16-18-51-19-17-46/h10,12,21-22,32,41H,8-9,11,13-20,23H2,1-7H3,(H,40,50)(H,42,49)/b29-22-/t32-/m1/s1. The number of ketones is 1. The van der Waals surface area contributed by atoms with Crippen molar-refractivity contribution in [1.82, 2.24) is 23.9 Å². The summed E-state index contributed by atoms with van der Waals surface area (Å²) in [6.07, 6.45) is 1.19. The predicted octanol–water partition coefficient (Wildman–Crippen LogP) is 4.81. The SMILES string of the molecule is CCN(CC)CCNC(=O)c1c(C)[nH]c(/C=C2\C(=O)Nc3ccc(CC(=O)CCC(=O)O[C@H](COc4nsnc4N4CCOCC4)C(C)(C)C)cc32)c1C. The second-order valence-corrected chi connectivity index (χ2v) is 15.2. The van der Waals surface area contributed by atoms with E-state index in [1.807, 2.05) is 40.7 Å². The highest BCUT2D eigenvalue weighted by Gasteiger charge is 2.31. The zero-order valence-electron chi connectivity index (χ0n) is 32.4. The lowest BCUT2D eigenvalue weighted by Crippen LogP contribution is -2.38. The molecular weight excluding hydrogens is 711 g/mol. The second-order valence-electron chi connectivity index (χ2n) is 14.7. The van der Waals surface area contributed by atoms with E-state index in [1.54, 1.807) is 18.2 Å². The van der Waals surface area contributed by atoms with Gasteiger partial charge in [0.05, 0.1) is 42.5 Å². The minimum absolute atomic E-state index is 0.00537. The summed E-state index contributed by atoms with van der Waals surface area (Å²) >= 11 is 1.07. The van der Waals surface area contributed by atoms with Gasteiger partial charge in [0.2, 0.25) is 5.82 Å². The number of amides is 2. The predicted molar refractivity (Wildman–Crippen MR) is 209 cm³/mol. The summed E-state index contributed by atoms with van der Waals surface area (Å²) in [4.78, 5) is 59.9. The number of carbonyl (C=O) groups is 4. The molecule has 1 atom stereocenters. The van der Waals surface area contributed by atoms with Crippen LogP contribution in [0.4, 0.5) is 11.5 Å². The summed E-state index contributed by atoms with van der Waals surface area (Å²) < 4.78 is 26.0. The Morgan fingerprint density at radius 1 is 1.11 bits per heavy atom. The lowest BCUT2D eigenvalue weighted by Gasteiger charge is -2.30. The Hall–Kier alpha value is -4.60. The van der Waals surface area contributed by atoms with Crippen LogP contribution in [0.1, 0.15) is 85.9 Å². The summed E-state index contributed by atoms with van der Waals surface area (Å²) in [5, 5.41) is 5.91. The van der Waals surface area contributed by atoms with E-state index in [4.69, 9.17) is 14.2 Å². The maximum absolute atomic E-state index is 13.1. The zero-order chi connectivity index (χ0) is 39.0. The number of aryl methyl sites for hydroxylation is 1. The van der Waals surface area contributed by atoms with Crippen molar-refractivity contribution in [3.05, 3.63) is 51.8 Å². The molecule has 4 heterocycles. The third-order valence-electron chi connectivity index (χ3n) is 9.84. The van der Waals surface area contributed by atoms with Gasteiger partial charge in [0, 0.05) is 67.1 Å². The van der Waals surface area contributed by atoms with Gasteiger partial charge in [-0.15, -0.1) is 4.37 Å². The first-order valence-electron chi connectivity index (χ1n) is 18.6. The molecule has 2 aliphatic rings. The van der Waals surface area contributed by atoms with Crippen LogP contribution in [-0.2, 0) is 30.3 Å². The molecule has 14 nitrogen and oxygen atoms in total. The summed E-state index contributed by atoms with van der Waals surface area (Å²) in [6, 6.07) is 5.41. The average molecular weight is 764 g/mol. The molecule has 2 amide bonds. The fourth-order valence-corrected chi connectivity index (χ4v) is 6.99. The largest absolute Gasteiger partial charge is 0.470 e. The summed E-state index contributed by atoms with van der Waals surface area (Å²) in [5.74, 6) is 0.0148. The third-order valence-corrected chi connectivity index (χ3v) is 10.3. The quantitative estimate of drug-likeness (QED) is 0.128. The topological polar surface area (TPSA) is 168 Å². The Labute approximate surface area is 321 Å². The Morgan fingerprint density at radius 2 is 1.85 bits per heavy atom. The number of ether oxygens (including phenoxy) is 3. The summed E-state index contributed by atoms with van der Waals surface area (Å²) in [5.41, 5.74) is 4.72. The molecule has 2 aromatic heterocycles. The number of aromatic nitrogens is 3. The number of nitrogens with one attached hydrogen (secondary N) is 3. The molecule has 2 aliphatic heterocycles. The van der Waals surface area contributed by atoms with Crippen molar-refractivity contribution in [2.45, 2.75) is 73.8 Å². The maximum Gasteiger partial charge on any atom is 0.306 e. The highest BCUT2D eigenvalue weighted by atomic mass is 32.1. The van der Waals surface area contributed by atoms with E-state index in [0.717, 1.165) is 42.5 Å². The highest BCUT2D eigenvalue weighted by Crippen LogP contribution is 2.35. The molecule has 5 rings (SSSR count). The fourth-order valence-electron chi connectivity index (χ4n) is 6.47. The summed E-state index contributed by atoms with van der Waals surface area (Å²) in [7, 11) is 0. The van der Waals surface area contributed by atoms with Gasteiger partial charge >= 0.3 is 5.97 Å². The number of H-pyrrole nitrogens is 1. The van der Waals surface area contributed by atoms with E-state index in [0.29, 0.717) is 78.3 Å². The average Bonchev–Trinajstić information content (AvgIpc) is 3.82. The molecule has 0 aliphatic carbocycles. The number of Topliss-reactive ketones (excluding diaryl/α,β-unsaturated/α-hetero) is 1. The van der Waals surface area contributed by atoms with Crippen LogP contribution in [0.2, 0.25) is 0 Å². The van der Waals surface area contributed by atoms with Crippen LogP contribution in [0, 0.1) is 19.3 Å². The van der Waals surface area contributed by atoms with Gasteiger partial charge in [0.15, 0.2) is 0 Å². The van der Waals surface area contributed by atoms with E-state index in [2.05, 4.69) is 48.0 Å². The highest BCUT2D eigenvalue weighted by molar-refractivity contribution is 6.99. The van der Waals surface area contributed by atoms with Crippen LogP contribution in [0.5, 0.6) is 5.88 Å². The molecule has 0 bridgehead atoms. The Bertz CT molecular complexity index is 1850. The first-order valence-corrected chi connectivity index (χ1v) is 19.4. The number of likely N-dealkylation sites (N-methyl/N-ethyl adjacent to an activating group) is 1. The van der Waals surface area contributed by atoms with Crippen LogP contribution in [0.25, 0.3) is 11.6 Å². The number of hydrogen-bond donors (Lipinski definition) is 3. The van der Waals surface area contributed by atoms with Crippen molar-refractivity contribution in [2.75, 3.05) is 69.3 Å². The molecule has 15 heteroatoms. The van der Waals surface area contributed by atoms with Crippen LogP contribution in [0.15, 0.2) is 18.2 Å². The van der Waals surface area contributed by atoms with Crippen LogP contribution in [0.3, 0.4) is 0 Å². The normalized spacial score (nSPS) is 15.7. The van der Waals surface area contributed by atoms with Crippen molar-refractivity contribution < 1.29 is 33.4 Å². The number of carbonyl (C=O) groups excluding carboxylic acids is 4. The molecule has 54 heavy (non-hydrogen) atoms. The number of fused-ring (bicyclic) bond motifs is 1. The number of anilines is 2. The molecule has 3 N–H and O–H groups in total. The zero-order valence-corrected chi connectivity index (χ0v) is 33.2. The molecule has 0 radical (unpaired) electrons. The van der Waals surface area contributed by atoms with E-state index in [-0.39, 0.29) is 43.5 Å². The van der Waals surface area contributed by atoms with E-state index >= 15 is 0 Å². The molecule has 1 fully saturated rings. The number of nitrogens with zero attached hydrogens (tertiary/aromatic N) is 4. The van der Waals surface area contributed by atoms with Gasteiger partial charge in [-0.1, -0.05) is 40.7 Å². The Morgan fingerprint density at radius 3 is 2.56 bits per heavy atom. The van der Waals surface area contributed by atoms with Crippen molar-refractivity contribution >= 4 is 58.4 Å². The van der Waals surface area contributed by atoms with Crippen molar-refractivity contribution in [3.63, 3.8) is 0 Å². The monoisotopic (exact) mass is 763 g/mol. The van der Waals surface area contributed by atoms with Crippen molar-refractivity contribution in [1.29, 1.82) is 0 Å². The second kappa shape index (κ2) is 18.2. The molecule has 1 saturated heterocycles. The number of hydrogen-bond acceptors (Lipinski definition) is 12. The first kappa shape index (κ1) is 40.6. The summed E-state index contributed by atoms with van der Waals surface area (Å²) in [6.45, 7) is 19.6. The Kier molecular flexibility index (Phi) is 13.6. The van der Waals surface area contributed by atoms with Gasteiger partial charge in [-0.05, 0) is 56.3 Å². The van der Waals surface area contributed by atoms with E-state index in [9.17, 15) is 19.2 Å². The van der Waals surface area contributed by atoms with Gasteiger partial charge < -0.3 is 39.6 Å². The maximum atomic E-state index is 13.1.